The van der Waals surface area contributed by atoms with Crippen LogP contribution in [0.3, 0.4) is 0 Å². The molecule has 0 aliphatic heterocycles. The van der Waals surface area contributed by atoms with Gasteiger partial charge in [-0.3, -0.25) is 20.2 Å². The van der Waals surface area contributed by atoms with Gasteiger partial charge in [-0.1, -0.05) is 36.1 Å². The van der Waals surface area contributed by atoms with Crippen LogP contribution in [0.1, 0.15) is 54.9 Å². The molecular formula is C29H36N8O3S2. The van der Waals surface area contributed by atoms with E-state index in [0.717, 1.165) is 53.6 Å². The Bertz CT molecular complexity index is 1410. The summed E-state index contributed by atoms with van der Waals surface area (Å²) in [5.74, 6) is 2.96. The van der Waals surface area contributed by atoms with E-state index in [2.05, 4.69) is 55.7 Å². The number of aliphatic imine (C=N–C) groups is 1. The van der Waals surface area contributed by atoms with Gasteiger partial charge in [-0.25, -0.2) is 4.99 Å². The maximum atomic E-state index is 12.5. The van der Waals surface area contributed by atoms with E-state index < -0.39 is 0 Å². The van der Waals surface area contributed by atoms with E-state index in [0.29, 0.717) is 40.0 Å². The van der Waals surface area contributed by atoms with E-state index in [-0.39, 0.29) is 12.3 Å². The maximum Gasteiger partial charge on any atom is 0.232 e. The summed E-state index contributed by atoms with van der Waals surface area (Å²) in [6.07, 6.45) is 10.2. The van der Waals surface area contributed by atoms with Gasteiger partial charge in [-0.15, -0.1) is 10.2 Å². The van der Waals surface area contributed by atoms with Gasteiger partial charge >= 0.3 is 0 Å². The molecule has 0 aromatic carbocycles. The second-order valence-corrected chi connectivity index (χ2v) is 11.7. The molecule has 0 radical (unpaired) electrons. The highest BCUT2D eigenvalue weighted by Gasteiger charge is 2.29. The smallest absolute Gasteiger partial charge is 0.232 e. The van der Waals surface area contributed by atoms with Crippen LogP contribution < -0.4 is 20.2 Å². The fourth-order valence-corrected chi connectivity index (χ4v) is 6.57. The molecule has 2 atom stereocenters. The molecule has 3 aromatic heterocycles. The molecule has 11 nitrogen and oxygen atoms in total. The van der Waals surface area contributed by atoms with Crippen LogP contribution >= 0.6 is 23.1 Å². The molecule has 1 aliphatic rings. The molecule has 0 saturated heterocycles. The first-order chi connectivity index (χ1) is 20.5. The van der Waals surface area contributed by atoms with Crippen LogP contribution in [0, 0.1) is 5.92 Å². The molecule has 0 bridgehead atoms. The number of hydrogen-bond donors (Lipinski definition) is 2. The Morgan fingerprint density at radius 1 is 1.12 bits per heavy atom. The van der Waals surface area contributed by atoms with Crippen LogP contribution in [0.5, 0.6) is 11.5 Å². The standard InChI is InChI=1S/C29H36N8O3S2/c1-5-6-21(14-22-15-24(39-3)9-11-31-22)33-28(36-30-2)41-18-19-7-8-20(13-19)27-35-37-29(42-27)34-26(38)17-23-16-25(40-4)10-12-32-23/h6,9-12,15-16,19-20H,2,5,7-8,13-14,17-18H2,1,3-4H3,(H,33,36)(H,34,37,38)/b21-6+/t19?,20-/m0/s1. The molecule has 1 saturated carbocycles. The first-order valence-electron chi connectivity index (χ1n) is 13.7. The molecule has 1 aliphatic carbocycles. The lowest BCUT2D eigenvalue weighted by Gasteiger charge is -2.12. The average molecular weight is 609 g/mol. The van der Waals surface area contributed by atoms with Crippen molar-refractivity contribution in [2.45, 2.75) is 51.4 Å². The predicted molar refractivity (Wildman–Crippen MR) is 169 cm³/mol. The maximum absolute atomic E-state index is 12.5. The lowest BCUT2D eigenvalue weighted by atomic mass is 10.1. The molecule has 1 amide bonds. The molecule has 0 spiro atoms. The summed E-state index contributed by atoms with van der Waals surface area (Å²) in [6.45, 7) is 5.67. The number of hydrazone groups is 1. The molecule has 3 aromatic rings. The third-order valence-corrected chi connectivity index (χ3v) is 8.74. The Balaban J connectivity index is 1.30. The molecule has 1 unspecified atom stereocenters. The summed E-state index contributed by atoms with van der Waals surface area (Å²) in [6, 6.07) is 7.24. The molecule has 4 rings (SSSR count). The minimum atomic E-state index is -0.187. The van der Waals surface area contributed by atoms with Gasteiger partial charge in [0.25, 0.3) is 0 Å². The Kier molecular flexibility index (Phi) is 11.8. The molecule has 1 fully saturated rings. The Morgan fingerprint density at radius 2 is 1.83 bits per heavy atom. The van der Waals surface area contributed by atoms with Crippen molar-refractivity contribution in [2.24, 2.45) is 16.0 Å². The summed E-state index contributed by atoms with van der Waals surface area (Å²) >= 11 is 3.09. The summed E-state index contributed by atoms with van der Waals surface area (Å²) in [4.78, 5) is 26.1. The number of rotatable bonds is 13. The van der Waals surface area contributed by atoms with Crippen molar-refractivity contribution < 1.29 is 14.3 Å². The number of amides is 1. The second kappa shape index (κ2) is 16.0. The molecule has 3 heterocycles. The summed E-state index contributed by atoms with van der Waals surface area (Å²) in [7, 11) is 3.23. The quantitative estimate of drug-likeness (QED) is 0.152. The van der Waals surface area contributed by atoms with Crippen LogP contribution in [-0.4, -0.2) is 57.9 Å². The summed E-state index contributed by atoms with van der Waals surface area (Å²) in [5.41, 5.74) is 5.39. The third-order valence-electron chi connectivity index (χ3n) is 6.64. The minimum Gasteiger partial charge on any atom is -0.497 e. The van der Waals surface area contributed by atoms with Crippen LogP contribution in [0.25, 0.3) is 0 Å². The number of aromatic nitrogens is 4. The first-order valence-corrected chi connectivity index (χ1v) is 15.5. The van der Waals surface area contributed by atoms with Gasteiger partial charge in [-0.2, -0.15) is 5.10 Å². The lowest BCUT2D eigenvalue weighted by Crippen LogP contribution is -2.16. The number of hydrogen-bond acceptors (Lipinski definition) is 11. The summed E-state index contributed by atoms with van der Waals surface area (Å²) in [5, 5.41) is 17.5. The molecule has 42 heavy (non-hydrogen) atoms. The van der Waals surface area contributed by atoms with Gasteiger partial charge in [0.2, 0.25) is 11.0 Å². The SMILES string of the molecule is C=NNC(=N/C(=C/CC)Cc1cc(OC)ccn1)SCC1CC[C@H](c2nnc(NC(=O)Cc3cc(OC)ccn3)s2)C1. The Morgan fingerprint density at radius 3 is 2.50 bits per heavy atom. The fraction of sp³-hybridized carbons (Fsp3) is 0.414. The van der Waals surface area contributed by atoms with Gasteiger partial charge in [0, 0.05) is 60.7 Å². The zero-order valence-electron chi connectivity index (χ0n) is 24.1. The number of pyridine rings is 2. The predicted octanol–water partition coefficient (Wildman–Crippen LogP) is 5.24. The number of nitrogens with one attached hydrogen (secondary N) is 2. The van der Waals surface area contributed by atoms with E-state index in [1.807, 2.05) is 12.1 Å². The number of methoxy groups -OCH3 is 2. The molecular weight excluding hydrogens is 573 g/mol. The van der Waals surface area contributed by atoms with Crippen LogP contribution in [0.15, 0.2) is 58.5 Å². The molecule has 222 valence electrons. The zero-order valence-corrected chi connectivity index (χ0v) is 25.7. The van der Waals surface area contributed by atoms with E-state index in [9.17, 15) is 4.79 Å². The molecule has 13 heteroatoms. The number of anilines is 1. The number of carbonyl (C=O) groups excluding carboxylic acids is 1. The van der Waals surface area contributed by atoms with Crippen LogP contribution in [0.4, 0.5) is 5.13 Å². The highest BCUT2D eigenvalue weighted by Crippen LogP contribution is 2.41. The van der Waals surface area contributed by atoms with Crippen molar-refractivity contribution in [1.82, 2.24) is 25.6 Å². The average Bonchev–Trinajstić information content (AvgIpc) is 3.66. The fourth-order valence-electron chi connectivity index (χ4n) is 4.65. The second-order valence-electron chi connectivity index (χ2n) is 9.70. The van der Waals surface area contributed by atoms with Crippen LogP contribution in [0.2, 0.25) is 0 Å². The number of nitrogens with zero attached hydrogens (tertiary/aromatic N) is 6. The number of allylic oxidation sites excluding steroid dienone is 2. The first kappa shape index (κ1) is 31.1. The third kappa shape index (κ3) is 9.35. The van der Waals surface area contributed by atoms with E-state index in [4.69, 9.17) is 14.5 Å². The Hall–Kier alpha value is -3.84. The Labute approximate surface area is 254 Å². The van der Waals surface area contributed by atoms with Crippen LogP contribution in [-0.2, 0) is 17.6 Å². The number of carbonyl (C=O) groups is 1. The topological polar surface area (TPSA) is 136 Å². The van der Waals surface area contributed by atoms with Crippen molar-refractivity contribution >= 4 is 46.0 Å². The van der Waals surface area contributed by atoms with Crippen molar-refractivity contribution in [3.8, 4) is 11.5 Å². The number of ether oxygens (including phenoxy) is 2. The minimum absolute atomic E-state index is 0.136. The highest BCUT2D eigenvalue weighted by atomic mass is 32.2. The van der Waals surface area contributed by atoms with E-state index in [1.54, 1.807) is 50.5 Å². The number of thioether (sulfide) groups is 1. The monoisotopic (exact) mass is 608 g/mol. The van der Waals surface area contributed by atoms with Crippen molar-refractivity contribution in [1.29, 1.82) is 0 Å². The molecule has 2 N–H and O–H groups in total. The van der Waals surface area contributed by atoms with Crippen molar-refractivity contribution in [2.75, 3.05) is 25.3 Å². The van der Waals surface area contributed by atoms with Gasteiger partial charge < -0.3 is 14.8 Å². The van der Waals surface area contributed by atoms with E-state index in [1.165, 1.54) is 11.3 Å². The van der Waals surface area contributed by atoms with Gasteiger partial charge in [0.15, 0.2) is 5.17 Å². The highest BCUT2D eigenvalue weighted by molar-refractivity contribution is 8.13. The largest absolute Gasteiger partial charge is 0.497 e. The van der Waals surface area contributed by atoms with Crippen molar-refractivity contribution in [3.63, 3.8) is 0 Å². The van der Waals surface area contributed by atoms with Gasteiger partial charge in [0.05, 0.1) is 26.3 Å². The normalized spacial score (nSPS) is 17.1. The lowest BCUT2D eigenvalue weighted by molar-refractivity contribution is -0.115. The number of amidine groups is 1. The van der Waals surface area contributed by atoms with Crippen molar-refractivity contribution in [3.05, 3.63) is 64.8 Å². The van der Waals surface area contributed by atoms with Gasteiger partial charge in [0.1, 0.15) is 16.5 Å². The zero-order chi connectivity index (χ0) is 29.7. The van der Waals surface area contributed by atoms with Gasteiger partial charge in [-0.05, 0) is 43.7 Å². The summed E-state index contributed by atoms with van der Waals surface area (Å²) < 4.78 is 10.5. The van der Waals surface area contributed by atoms with E-state index >= 15 is 0 Å².